The van der Waals surface area contributed by atoms with Gasteiger partial charge in [0.1, 0.15) is 12.5 Å². The molecule has 2 aromatic carbocycles. The third-order valence-corrected chi connectivity index (χ3v) is 2.90. The number of fused-ring (bicyclic) bond motifs is 3. The number of para-hydroxylation sites is 1. The Bertz CT molecular complexity index is 670. The van der Waals surface area contributed by atoms with Crippen LogP contribution in [-0.2, 0) is 6.73 Å². The second kappa shape index (κ2) is 3.25. The van der Waals surface area contributed by atoms with Gasteiger partial charge in [-0.25, -0.2) is 0 Å². The van der Waals surface area contributed by atoms with Gasteiger partial charge < -0.3 is 14.8 Å². The van der Waals surface area contributed by atoms with Crippen molar-refractivity contribution in [3.05, 3.63) is 42.5 Å². The van der Waals surface area contributed by atoms with Crippen LogP contribution in [0.25, 0.3) is 21.8 Å². The number of aliphatic hydroxyl groups excluding tert-OH is 1. The van der Waals surface area contributed by atoms with Gasteiger partial charge in [0.2, 0.25) is 0 Å². The summed E-state index contributed by atoms with van der Waals surface area (Å²) in [5, 5.41) is 20.9. The van der Waals surface area contributed by atoms with Crippen LogP contribution in [0.4, 0.5) is 0 Å². The van der Waals surface area contributed by atoms with Gasteiger partial charge >= 0.3 is 0 Å². The minimum atomic E-state index is -0.0607. The van der Waals surface area contributed by atoms with Crippen LogP contribution >= 0.6 is 0 Å². The fourth-order valence-electron chi connectivity index (χ4n) is 2.19. The highest BCUT2D eigenvalue weighted by atomic mass is 16.3. The zero-order valence-electron chi connectivity index (χ0n) is 8.59. The van der Waals surface area contributed by atoms with E-state index >= 15 is 0 Å². The maximum atomic E-state index is 9.50. The minimum Gasteiger partial charge on any atom is -0.508 e. The molecule has 0 aliphatic carbocycles. The molecule has 3 rings (SSSR count). The quantitative estimate of drug-likeness (QED) is 0.652. The van der Waals surface area contributed by atoms with Crippen LogP contribution < -0.4 is 0 Å². The molecule has 2 N–H and O–H groups in total. The highest BCUT2D eigenvalue weighted by Crippen LogP contribution is 2.30. The van der Waals surface area contributed by atoms with Crippen molar-refractivity contribution in [1.29, 1.82) is 0 Å². The maximum absolute atomic E-state index is 9.50. The normalized spacial score (nSPS) is 11.3. The monoisotopic (exact) mass is 213 g/mol. The minimum absolute atomic E-state index is 0.0607. The van der Waals surface area contributed by atoms with E-state index in [1.165, 1.54) is 0 Å². The zero-order chi connectivity index (χ0) is 11.1. The Morgan fingerprint density at radius 2 is 1.69 bits per heavy atom. The first-order valence-electron chi connectivity index (χ1n) is 5.12. The highest BCUT2D eigenvalue weighted by molar-refractivity contribution is 6.08. The van der Waals surface area contributed by atoms with Gasteiger partial charge in [-0.1, -0.05) is 18.2 Å². The molecule has 0 bridgehead atoms. The molecule has 80 valence electrons. The third kappa shape index (κ3) is 1.12. The standard InChI is InChI=1S/C13H11NO2/c15-8-14-12-4-2-1-3-10(12)11-7-9(16)5-6-13(11)14/h1-7,15-16H,8H2. The summed E-state index contributed by atoms with van der Waals surface area (Å²) in [6.45, 7) is -0.0607. The summed E-state index contributed by atoms with van der Waals surface area (Å²) >= 11 is 0. The van der Waals surface area contributed by atoms with E-state index in [0.29, 0.717) is 0 Å². The number of rotatable bonds is 1. The Kier molecular flexibility index (Phi) is 1.88. The number of aromatic nitrogens is 1. The average Bonchev–Trinajstić information content (AvgIpc) is 2.62. The molecule has 0 radical (unpaired) electrons. The van der Waals surface area contributed by atoms with Crippen molar-refractivity contribution in [3.8, 4) is 5.75 Å². The Labute approximate surface area is 92.2 Å². The van der Waals surface area contributed by atoms with Gasteiger partial charge in [0.05, 0.1) is 11.0 Å². The van der Waals surface area contributed by atoms with Crippen molar-refractivity contribution in [2.24, 2.45) is 0 Å². The van der Waals surface area contributed by atoms with Crippen LogP contribution in [0.5, 0.6) is 5.75 Å². The summed E-state index contributed by atoms with van der Waals surface area (Å²) < 4.78 is 1.82. The van der Waals surface area contributed by atoms with Crippen LogP contribution in [-0.4, -0.2) is 14.8 Å². The molecule has 0 unspecified atom stereocenters. The average molecular weight is 213 g/mol. The molecule has 0 aliphatic rings. The Hall–Kier alpha value is -2.00. The van der Waals surface area contributed by atoms with Gasteiger partial charge in [-0.2, -0.15) is 0 Å². The van der Waals surface area contributed by atoms with E-state index < -0.39 is 0 Å². The number of nitrogens with zero attached hydrogens (tertiary/aromatic N) is 1. The van der Waals surface area contributed by atoms with Crippen LogP contribution in [0.15, 0.2) is 42.5 Å². The van der Waals surface area contributed by atoms with Crippen LogP contribution in [0.1, 0.15) is 0 Å². The summed E-state index contributed by atoms with van der Waals surface area (Å²) in [5.41, 5.74) is 1.91. The van der Waals surface area contributed by atoms with E-state index in [1.54, 1.807) is 12.1 Å². The predicted octanol–water partition coefficient (Wildman–Crippen LogP) is 2.45. The topological polar surface area (TPSA) is 45.4 Å². The molecule has 0 fully saturated rings. The summed E-state index contributed by atoms with van der Waals surface area (Å²) in [6.07, 6.45) is 0. The van der Waals surface area contributed by atoms with Crippen molar-refractivity contribution >= 4 is 21.8 Å². The molecular formula is C13H11NO2. The van der Waals surface area contributed by atoms with Gasteiger partial charge in [-0.15, -0.1) is 0 Å². The predicted molar refractivity (Wildman–Crippen MR) is 63.3 cm³/mol. The molecule has 0 atom stereocenters. The van der Waals surface area contributed by atoms with Gasteiger partial charge in [0, 0.05) is 10.8 Å². The summed E-state index contributed by atoms with van der Waals surface area (Å²) in [5.74, 6) is 0.244. The molecular weight excluding hydrogens is 202 g/mol. The third-order valence-electron chi connectivity index (χ3n) is 2.90. The zero-order valence-corrected chi connectivity index (χ0v) is 8.59. The van der Waals surface area contributed by atoms with Gasteiger partial charge in [0.15, 0.2) is 0 Å². The molecule has 3 heteroatoms. The molecule has 3 nitrogen and oxygen atoms in total. The van der Waals surface area contributed by atoms with E-state index in [0.717, 1.165) is 21.8 Å². The lowest BCUT2D eigenvalue weighted by Gasteiger charge is -2.01. The summed E-state index contributed by atoms with van der Waals surface area (Å²) in [7, 11) is 0. The van der Waals surface area contributed by atoms with E-state index in [-0.39, 0.29) is 12.5 Å². The van der Waals surface area contributed by atoms with E-state index in [2.05, 4.69) is 0 Å². The number of phenolic OH excluding ortho intramolecular Hbond substituents is 1. The lowest BCUT2D eigenvalue weighted by molar-refractivity contribution is 0.220. The fourth-order valence-corrected chi connectivity index (χ4v) is 2.19. The molecule has 3 aromatic rings. The Morgan fingerprint density at radius 3 is 2.50 bits per heavy atom. The summed E-state index contributed by atoms with van der Waals surface area (Å²) in [6, 6.07) is 13.0. The van der Waals surface area contributed by atoms with E-state index in [4.69, 9.17) is 0 Å². The summed E-state index contributed by atoms with van der Waals surface area (Å²) in [4.78, 5) is 0. The fraction of sp³-hybridized carbons (Fsp3) is 0.0769. The second-order valence-corrected chi connectivity index (χ2v) is 3.79. The number of phenols is 1. The van der Waals surface area contributed by atoms with Crippen LogP contribution in [0.3, 0.4) is 0 Å². The number of aromatic hydroxyl groups is 1. The number of benzene rings is 2. The van der Waals surface area contributed by atoms with Crippen molar-refractivity contribution in [3.63, 3.8) is 0 Å². The lowest BCUT2D eigenvalue weighted by Crippen LogP contribution is -1.94. The molecule has 0 saturated carbocycles. The number of hydrogen-bond donors (Lipinski definition) is 2. The smallest absolute Gasteiger partial charge is 0.120 e. The Morgan fingerprint density at radius 1 is 0.938 bits per heavy atom. The maximum Gasteiger partial charge on any atom is 0.120 e. The van der Waals surface area contributed by atoms with E-state index in [1.807, 2.05) is 34.9 Å². The molecule has 0 amide bonds. The first kappa shape index (κ1) is 9.24. The molecule has 0 spiro atoms. The van der Waals surface area contributed by atoms with Crippen molar-refractivity contribution in [2.45, 2.75) is 6.73 Å². The molecule has 0 saturated heterocycles. The first-order chi connectivity index (χ1) is 7.81. The van der Waals surface area contributed by atoms with Crippen molar-refractivity contribution < 1.29 is 10.2 Å². The number of aliphatic hydroxyl groups is 1. The van der Waals surface area contributed by atoms with Crippen molar-refractivity contribution in [2.75, 3.05) is 0 Å². The van der Waals surface area contributed by atoms with Crippen molar-refractivity contribution in [1.82, 2.24) is 4.57 Å². The molecule has 0 aliphatic heterocycles. The van der Waals surface area contributed by atoms with Crippen LogP contribution in [0, 0.1) is 0 Å². The Balaban J connectivity index is 2.59. The van der Waals surface area contributed by atoms with Gasteiger partial charge in [-0.05, 0) is 24.3 Å². The van der Waals surface area contributed by atoms with Crippen LogP contribution in [0.2, 0.25) is 0 Å². The molecule has 1 heterocycles. The first-order valence-corrected chi connectivity index (χ1v) is 5.12. The molecule has 16 heavy (non-hydrogen) atoms. The molecule has 1 aromatic heterocycles. The van der Waals surface area contributed by atoms with E-state index in [9.17, 15) is 10.2 Å². The van der Waals surface area contributed by atoms with Gasteiger partial charge in [0.25, 0.3) is 0 Å². The van der Waals surface area contributed by atoms with Gasteiger partial charge in [-0.3, -0.25) is 0 Å². The largest absolute Gasteiger partial charge is 0.508 e. The SMILES string of the molecule is OCn1c2ccccc2c2cc(O)ccc21. The lowest BCUT2D eigenvalue weighted by atomic mass is 10.1. The highest BCUT2D eigenvalue weighted by Gasteiger charge is 2.09. The number of hydrogen-bond acceptors (Lipinski definition) is 2. The second-order valence-electron chi connectivity index (χ2n) is 3.79.